The number of esters is 1. The van der Waals surface area contributed by atoms with Gasteiger partial charge >= 0.3 is 11.9 Å². The molecule has 1 aromatic rings. The number of hydrogen-bond acceptors (Lipinski definition) is 4. The summed E-state index contributed by atoms with van der Waals surface area (Å²) in [4.78, 5) is 24.0. The molecule has 1 unspecified atom stereocenters. The average molecular weight is 330 g/mol. The first-order valence-corrected chi connectivity index (χ1v) is 6.46. The van der Waals surface area contributed by atoms with E-state index in [2.05, 4.69) is 20.7 Å². The third kappa shape index (κ3) is 4.04. The SMILES string of the molecule is COC(=O)c1ccc(CN(C)C(C)C(=O)O)c(Br)c1. The zero-order valence-corrected chi connectivity index (χ0v) is 12.6. The summed E-state index contributed by atoms with van der Waals surface area (Å²) in [5.41, 5.74) is 1.36. The van der Waals surface area contributed by atoms with E-state index in [1.165, 1.54) is 7.11 Å². The van der Waals surface area contributed by atoms with E-state index < -0.39 is 18.0 Å². The van der Waals surface area contributed by atoms with Crippen molar-refractivity contribution in [3.63, 3.8) is 0 Å². The third-order valence-corrected chi connectivity index (χ3v) is 3.65. The Morgan fingerprint density at radius 2 is 2.11 bits per heavy atom. The molecule has 0 aliphatic rings. The molecule has 0 aliphatic heterocycles. The molecule has 104 valence electrons. The maximum atomic E-state index is 11.4. The van der Waals surface area contributed by atoms with Crippen molar-refractivity contribution in [3.05, 3.63) is 33.8 Å². The van der Waals surface area contributed by atoms with Crippen LogP contribution < -0.4 is 0 Å². The van der Waals surface area contributed by atoms with Crippen LogP contribution in [-0.2, 0) is 16.1 Å². The van der Waals surface area contributed by atoms with Gasteiger partial charge in [0.1, 0.15) is 6.04 Å². The molecule has 0 aromatic heterocycles. The van der Waals surface area contributed by atoms with Crippen LogP contribution in [0.1, 0.15) is 22.8 Å². The number of aliphatic carboxylic acids is 1. The van der Waals surface area contributed by atoms with Gasteiger partial charge in [-0.15, -0.1) is 0 Å². The van der Waals surface area contributed by atoms with Gasteiger partial charge < -0.3 is 9.84 Å². The molecule has 1 rings (SSSR count). The van der Waals surface area contributed by atoms with E-state index in [0.717, 1.165) is 10.0 Å². The second kappa shape index (κ2) is 6.68. The lowest BCUT2D eigenvalue weighted by Crippen LogP contribution is -2.35. The Bertz CT molecular complexity index is 490. The molecular formula is C13H16BrNO4. The highest BCUT2D eigenvalue weighted by Gasteiger charge is 2.18. The molecule has 19 heavy (non-hydrogen) atoms. The van der Waals surface area contributed by atoms with Gasteiger partial charge in [-0.3, -0.25) is 9.69 Å². The number of carboxylic acid groups (broad SMARTS) is 1. The quantitative estimate of drug-likeness (QED) is 0.838. The standard InChI is InChI=1S/C13H16BrNO4/c1-8(12(16)17)15(2)7-10-5-4-9(6-11(10)14)13(18)19-3/h4-6,8H,7H2,1-3H3,(H,16,17). The molecule has 1 N–H and O–H groups in total. The number of halogens is 1. The van der Waals surface area contributed by atoms with Crippen molar-refractivity contribution in [2.75, 3.05) is 14.2 Å². The van der Waals surface area contributed by atoms with Gasteiger partial charge in [-0.1, -0.05) is 22.0 Å². The molecule has 0 heterocycles. The fraction of sp³-hybridized carbons (Fsp3) is 0.385. The van der Waals surface area contributed by atoms with Crippen LogP contribution in [0.5, 0.6) is 0 Å². The zero-order chi connectivity index (χ0) is 14.6. The molecule has 0 spiro atoms. The van der Waals surface area contributed by atoms with Gasteiger partial charge in [-0.25, -0.2) is 4.79 Å². The smallest absolute Gasteiger partial charge is 0.337 e. The van der Waals surface area contributed by atoms with E-state index in [1.54, 1.807) is 37.1 Å². The second-order valence-corrected chi connectivity index (χ2v) is 5.08. The van der Waals surface area contributed by atoms with Crippen LogP contribution in [0.4, 0.5) is 0 Å². The number of likely N-dealkylation sites (N-methyl/N-ethyl adjacent to an activating group) is 1. The summed E-state index contributed by atoms with van der Waals surface area (Å²) < 4.78 is 5.38. The summed E-state index contributed by atoms with van der Waals surface area (Å²) in [6, 6.07) is 4.53. The molecule has 0 radical (unpaired) electrons. The summed E-state index contributed by atoms with van der Waals surface area (Å²) in [6.07, 6.45) is 0. The van der Waals surface area contributed by atoms with Gasteiger partial charge in [-0.05, 0) is 31.7 Å². The fourth-order valence-corrected chi connectivity index (χ4v) is 2.02. The Balaban J connectivity index is 2.86. The molecule has 6 heteroatoms. The Hall–Kier alpha value is -1.40. The van der Waals surface area contributed by atoms with Crippen molar-refractivity contribution >= 4 is 27.9 Å². The number of carbonyl (C=O) groups excluding carboxylic acids is 1. The molecular weight excluding hydrogens is 314 g/mol. The molecule has 0 bridgehead atoms. The Labute approximate surface area is 120 Å². The lowest BCUT2D eigenvalue weighted by atomic mass is 10.1. The number of carbonyl (C=O) groups is 2. The minimum absolute atomic E-state index is 0.403. The number of methoxy groups -OCH3 is 1. The van der Waals surface area contributed by atoms with E-state index in [4.69, 9.17) is 5.11 Å². The summed E-state index contributed by atoms with van der Waals surface area (Å²) in [7, 11) is 3.06. The van der Waals surface area contributed by atoms with Crippen LogP contribution in [0, 0.1) is 0 Å². The molecule has 0 saturated heterocycles. The Kier molecular flexibility index (Phi) is 5.50. The summed E-state index contributed by atoms with van der Waals surface area (Å²) in [5.74, 6) is -1.27. The largest absolute Gasteiger partial charge is 0.480 e. The van der Waals surface area contributed by atoms with Crippen LogP contribution in [0.15, 0.2) is 22.7 Å². The number of carboxylic acids is 1. The van der Waals surface area contributed by atoms with E-state index >= 15 is 0 Å². The first kappa shape index (κ1) is 15.7. The normalized spacial score (nSPS) is 12.3. The molecule has 1 aromatic carbocycles. The fourth-order valence-electron chi connectivity index (χ4n) is 1.51. The monoisotopic (exact) mass is 329 g/mol. The lowest BCUT2D eigenvalue weighted by molar-refractivity contribution is -0.142. The van der Waals surface area contributed by atoms with Crippen molar-refractivity contribution in [1.29, 1.82) is 0 Å². The number of rotatable bonds is 5. The van der Waals surface area contributed by atoms with Crippen molar-refractivity contribution in [2.24, 2.45) is 0 Å². The number of benzene rings is 1. The van der Waals surface area contributed by atoms with E-state index in [0.29, 0.717) is 12.1 Å². The minimum atomic E-state index is -0.871. The predicted octanol–water partition coefficient (Wildman–Crippen LogP) is 2.14. The van der Waals surface area contributed by atoms with Crippen LogP contribution in [0.2, 0.25) is 0 Å². The van der Waals surface area contributed by atoms with Crippen LogP contribution in [0.3, 0.4) is 0 Å². The van der Waals surface area contributed by atoms with Gasteiger partial charge in [0.25, 0.3) is 0 Å². The molecule has 0 aliphatic carbocycles. The number of hydrogen-bond donors (Lipinski definition) is 1. The van der Waals surface area contributed by atoms with Crippen LogP contribution in [0.25, 0.3) is 0 Å². The summed E-state index contributed by atoms with van der Waals surface area (Å²) in [6.45, 7) is 2.09. The lowest BCUT2D eigenvalue weighted by Gasteiger charge is -2.21. The molecule has 1 atom stereocenters. The highest BCUT2D eigenvalue weighted by Crippen LogP contribution is 2.21. The number of ether oxygens (including phenoxy) is 1. The topological polar surface area (TPSA) is 66.8 Å². The van der Waals surface area contributed by atoms with Crippen molar-refractivity contribution < 1.29 is 19.4 Å². The first-order chi connectivity index (χ1) is 8.86. The van der Waals surface area contributed by atoms with Crippen molar-refractivity contribution in [3.8, 4) is 0 Å². The predicted molar refractivity (Wildman–Crippen MR) is 74.0 cm³/mol. The summed E-state index contributed by atoms with van der Waals surface area (Å²) in [5, 5.41) is 8.93. The minimum Gasteiger partial charge on any atom is -0.480 e. The maximum Gasteiger partial charge on any atom is 0.337 e. The molecule has 0 saturated carbocycles. The van der Waals surface area contributed by atoms with E-state index in [-0.39, 0.29) is 0 Å². The molecule has 0 amide bonds. The Morgan fingerprint density at radius 3 is 2.58 bits per heavy atom. The Morgan fingerprint density at radius 1 is 1.47 bits per heavy atom. The van der Waals surface area contributed by atoms with E-state index in [1.807, 2.05) is 0 Å². The highest BCUT2D eigenvalue weighted by atomic mass is 79.9. The average Bonchev–Trinajstić information content (AvgIpc) is 2.38. The van der Waals surface area contributed by atoms with Gasteiger partial charge in [0.2, 0.25) is 0 Å². The van der Waals surface area contributed by atoms with Crippen molar-refractivity contribution in [2.45, 2.75) is 19.5 Å². The van der Waals surface area contributed by atoms with Gasteiger partial charge in [0.15, 0.2) is 0 Å². The third-order valence-electron chi connectivity index (χ3n) is 2.91. The molecule has 0 fully saturated rings. The number of nitrogens with zero attached hydrogens (tertiary/aromatic N) is 1. The van der Waals surface area contributed by atoms with Gasteiger partial charge in [0.05, 0.1) is 12.7 Å². The zero-order valence-electron chi connectivity index (χ0n) is 11.0. The maximum absolute atomic E-state index is 11.4. The second-order valence-electron chi connectivity index (χ2n) is 4.23. The summed E-state index contributed by atoms with van der Waals surface area (Å²) >= 11 is 3.38. The highest BCUT2D eigenvalue weighted by molar-refractivity contribution is 9.10. The van der Waals surface area contributed by atoms with Crippen LogP contribution in [-0.4, -0.2) is 42.1 Å². The van der Waals surface area contributed by atoms with Crippen molar-refractivity contribution in [1.82, 2.24) is 4.90 Å². The van der Waals surface area contributed by atoms with Gasteiger partial charge in [0, 0.05) is 11.0 Å². The van der Waals surface area contributed by atoms with Crippen LogP contribution >= 0.6 is 15.9 Å². The van der Waals surface area contributed by atoms with Gasteiger partial charge in [-0.2, -0.15) is 0 Å². The first-order valence-electron chi connectivity index (χ1n) is 5.66. The molecule has 5 nitrogen and oxygen atoms in total. The van der Waals surface area contributed by atoms with E-state index in [9.17, 15) is 9.59 Å².